The normalized spacial score (nSPS) is 10.4. The molecule has 0 aliphatic rings. The molecule has 1 aromatic heterocycles. The van der Waals surface area contributed by atoms with Gasteiger partial charge in [-0.25, -0.2) is 0 Å². The van der Waals surface area contributed by atoms with Crippen molar-refractivity contribution in [2.75, 3.05) is 13.2 Å². The van der Waals surface area contributed by atoms with Crippen molar-refractivity contribution < 1.29 is 4.74 Å². The molecule has 4 nitrogen and oxygen atoms in total. The zero-order chi connectivity index (χ0) is 12.0. The third-order valence-electron chi connectivity index (χ3n) is 2.07. The molecule has 1 rings (SSSR count). The van der Waals surface area contributed by atoms with Crippen LogP contribution in [-0.2, 0) is 11.3 Å². The molecular weight excluding hydrogens is 204 g/mol. The van der Waals surface area contributed by atoms with E-state index in [9.17, 15) is 4.79 Å². The lowest BCUT2D eigenvalue weighted by Gasteiger charge is -2.08. The Morgan fingerprint density at radius 1 is 1.56 bits per heavy atom. The summed E-state index contributed by atoms with van der Waals surface area (Å²) in [6.45, 7) is 5.81. The number of ether oxygens (including phenoxy) is 1. The molecule has 1 aromatic rings. The minimum atomic E-state index is -0.252. The second kappa shape index (κ2) is 6.09. The molecule has 0 atom stereocenters. The number of aromatic nitrogens is 1. The third-order valence-corrected chi connectivity index (χ3v) is 2.07. The summed E-state index contributed by atoms with van der Waals surface area (Å²) in [6, 6.07) is 5.09. The highest BCUT2D eigenvalue weighted by atomic mass is 16.5. The summed E-state index contributed by atoms with van der Waals surface area (Å²) in [5.41, 5.74) is -0.0792. The number of pyridine rings is 1. The van der Waals surface area contributed by atoms with Crippen LogP contribution in [0.5, 0.6) is 0 Å². The van der Waals surface area contributed by atoms with Gasteiger partial charge in [-0.1, -0.05) is 13.8 Å². The van der Waals surface area contributed by atoms with E-state index >= 15 is 0 Å². The Labute approximate surface area is 95.1 Å². The molecule has 0 spiro atoms. The molecule has 0 bridgehead atoms. The predicted molar refractivity (Wildman–Crippen MR) is 61.1 cm³/mol. The molecule has 0 fully saturated rings. The van der Waals surface area contributed by atoms with E-state index in [1.54, 1.807) is 12.3 Å². The van der Waals surface area contributed by atoms with Gasteiger partial charge in [-0.05, 0) is 18.1 Å². The summed E-state index contributed by atoms with van der Waals surface area (Å²) in [5, 5.41) is 8.69. The number of hydrogen-bond acceptors (Lipinski definition) is 3. The summed E-state index contributed by atoms with van der Waals surface area (Å²) in [5.74, 6) is 0.488. The maximum atomic E-state index is 11.6. The predicted octanol–water partition coefficient (Wildman–Crippen LogP) is 1.39. The molecule has 0 unspecified atom stereocenters. The summed E-state index contributed by atoms with van der Waals surface area (Å²) in [4.78, 5) is 11.6. The van der Waals surface area contributed by atoms with Crippen molar-refractivity contribution in [2.45, 2.75) is 20.4 Å². The summed E-state index contributed by atoms with van der Waals surface area (Å²) in [6.07, 6.45) is 1.67. The number of hydrogen-bond donors (Lipinski definition) is 0. The summed E-state index contributed by atoms with van der Waals surface area (Å²) in [7, 11) is 0. The van der Waals surface area contributed by atoms with Crippen LogP contribution in [0.2, 0.25) is 0 Å². The average Bonchev–Trinajstić information content (AvgIpc) is 2.26. The quantitative estimate of drug-likeness (QED) is 0.705. The first kappa shape index (κ1) is 12.5. The minimum Gasteiger partial charge on any atom is -0.379 e. The summed E-state index contributed by atoms with van der Waals surface area (Å²) >= 11 is 0. The molecule has 0 aliphatic heterocycles. The van der Waals surface area contributed by atoms with Crippen molar-refractivity contribution in [3.05, 3.63) is 34.2 Å². The van der Waals surface area contributed by atoms with Crippen molar-refractivity contribution in [1.82, 2.24) is 4.57 Å². The number of nitrogens with zero attached hydrogens (tertiary/aromatic N) is 2. The Morgan fingerprint density at radius 2 is 2.31 bits per heavy atom. The van der Waals surface area contributed by atoms with Gasteiger partial charge in [0.05, 0.1) is 6.61 Å². The zero-order valence-corrected chi connectivity index (χ0v) is 9.64. The van der Waals surface area contributed by atoms with Gasteiger partial charge in [0.1, 0.15) is 11.6 Å². The first-order valence-corrected chi connectivity index (χ1v) is 5.32. The van der Waals surface area contributed by atoms with Crippen LogP contribution < -0.4 is 5.56 Å². The Morgan fingerprint density at radius 3 is 2.94 bits per heavy atom. The average molecular weight is 220 g/mol. The van der Waals surface area contributed by atoms with Crippen LogP contribution in [0.3, 0.4) is 0 Å². The molecular formula is C12H16N2O2. The van der Waals surface area contributed by atoms with Gasteiger partial charge in [0, 0.05) is 19.3 Å². The van der Waals surface area contributed by atoms with Crippen molar-refractivity contribution in [3.8, 4) is 6.07 Å². The van der Waals surface area contributed by atoms with Gasteiger partial charge in [0.15, 0.2) is 0 Å². The molecule has 0 amide bonds. The van der Waals surface area contributed by atoms with Gasteiger partial charge < -0.3 is 9.30 Å². The fourth-order valence-corrected chi connectivity index (χ4v) is 1.28. The van der Waals surface area contributed by atoms with Gasteiger partial charge in [0.2, 0.25) is 0 Å². The van der Waals surface area contributed by atoms with Gasteiger partial charge in [-0.15, -0.1) is 0 Å². The Hall–Kier alpha value is -1.60. The maximum Gasteiger partial charge on any atom is 0.268 e. The molecule has 0 saturated heterocycles. The van der Waals surface area contributed by atoms with Crippen molar-refractivity contribution >= 4 is 0 Å². The molecule has 4 heteroatoms. The largest absolute Gasteiger partial charge is 0.379 e. The van der Waals surface area contributed by atoms with Crippen LogP contribution in [0, 0.1) is 17.2 Å². The summed E-state index contributed by atoms with van der Waals surface area (Å²) < 4.78 is 6.88. The van der Waals surface area contributed by atoms with Crippen molar-refractivity contribution in [2.24, 2.45) is 5.92 Å². The third kappa shape index (κ3) is 3.52. The second-order valence-corrected chi connectivity index (χ2v) is 4.00. The van der Waals surface area contributed by atoms with E-state index in [0.717, 1.165) is 0 Å². The molecule has 0 aromatic carbocycles. The second-order valence-electron chi connectivity index (χ2n) is 4.00. The molecule has 1 heterocycles. The van der Waals surface area contributed by atoms with E-state index in [2.05, 4.69) is 13.8 Å². The van der Waals surface area contributed by atoms with Gasteiger partial charge in [-0.2, -0.15) is 5.26 Å². The van der Waals surface area contributed by atoms with Crippen LogP contribution in [-0.4, -0.2) is 17.8 Å². The Bertz CT molecular complexity index is 429. The molecule has 0 N–H and O–H groups in total. The smallest absolute Gasteiger partial charge is 0.268 e. The van der Waals surface area contributed by atoms with E-state index in [1.165, 1.54) is 10.6 Å². The molecule has 0 radical (unpaired) electrons. The minimum absolute atomic E-state index is 0.173. The monoisotopic (exact) mass is 220 g/mol. The first-order chi connectivity index (χ1) is 7.65. The van der Waals surface area contributed by atoms with Crippen LogP contribution in [0.25, 0.3) is 0 Å². The van der Waals surface area contributed by atoms with E-state index in [-0.39, 0.29) is 11.1 Å². The van der Waals surface area contributed by atoms with E-state index in [1.807, 2.05) is 6.07 Å². The fraction of sp³-hybridized carbons (Fsp3) is 0.500. The van der Waals surface area contributed by atoms with Gasteiger partial charge in [0.25, 0.3) is 5.56 Å². The topological polar surface area (TPSA) is 55.0 Å². The molecule has 0 saturated carbocycles. The number of rotatable bonds is 5. The van der Waals surface area contributed by atoms with E-state index in [0.29, 0.717) is 25.7 Å². The van der Waals surface area contributed by atoms with E-state index < -0.39 is 0 Å². The zero-order valence-electron chi connectivity index (χ0n) is 9.64. The lowest BCUT2D eigenvalue weighted by molar-refractivity contribution is 0.102. The molecule has 0 aliphatic carbocycles. The highest BCUT2D eigenvalue weighted by Crippen LogP contribution is 1.94. The van der Waals surface area contributed by atoms with Gasteiger partial charge in [-0.3, -0.25) is 4.79 Å². The molecule has 86 valence electrons. The van der Waals surface area contributed by atoms with Crippen LogP contribution in [0.4, 0.5) is 0 Å². The Balaban J connectivity index is 2.55. The maximum absolute atomic E-state index is 11.6. The first-order valence-electron chi connectivity index (χ1n) is 5.32. The molecule has 16 heavy (non-hydrogen) atoms. The SMILES string of the molecule is CC(C)COCCn1cccc(C#N)c1=O. The lowest BCUT2D eigenvalue weighted by atomic mass is 10.2. The number of nitriles is 1. The van der Waals surface area contributed by atoms with E-state index in [4.69, 9.17) is 10.00 Å². The van der Waals surface area contributed by atoms with Crippen LogP contribution >= 0.6 is 0 Å². The van der Waals surface area contributed by atoms with Crippen molar-refractivity contribution in [3.63, 3.8) is 0 Å². The fourth-order valence-electron chi connectivity index (χ4n) is 1.28. The van der Waals surface area contributed by atoms with Crippen LogP contribution in [0.15, 0.2) is 23.1 Å². The standard InChI is InChI=1S/C12H16N2O2/c1-10(2)9-16-7-6-14-5-3-4-11(8-13)12(14)15/h3-5,10H,6-7,9H2,1-2H3. The lowest BCUT2D eigenvalue weighted by Crippen LogP contribution is -2.24. The Kier molecular flexibility index (Phi) is 4.74. The highest BCUT2D eigenvalue weighted by Gasteiger charge is 2.01. The highest BCUT2D eigenvalue weighted by molar-refractivity contribution is 5.24. The van der Waals surface area contributed by atoms with Gasteiger partial charge >= 0.3 is 0 Å². The van der Waals surface area contributed by atoms with Crippen molar-refractivity contribution in [1.29, 1.82) is 5.26 Å². The van der Waals surface area contributed by atoms with Crippen LogP contribution in [0.1, 0.15) is 19.4 Å².